The number of halogens is 1. The molecule has 0 fully saturated rings. The molecule has 0 spiro atoms. The van der Waals surface area contributed by atoms with Crippen LogP contribution in [0.15, 0.2) is 0 Å². The maximum absolute atomic E-state index is 4.94. The van der Waals surface area contributed by atoms with Crippen LogP contribution < -0.4 is 0 Å². The van der Waals surface area contributed by atoms with E-state index in [1.807, 2.05) is 0 Å². The lowest BCUT2D eigenvalue weighted by Gasteiger charge is -1.71. The zero-order valence-corrected chi connectivity index (χ0v) is 7.39. The largest absolute Gasteiger partial charge is 0.0626 e. The van der Waals surface area contributed by atoms with E-state index in [0.717, 1.165) is 6.16 Å². The van der Waals surface area contributed by atoms with Crippen LogP contribution in [-0.4, -0.2) is 9.97 Å². The van der Waals surface area contributed by atoms with Gasteiger partial charge in [0.05, 0.1) is 0 Å². The maximum atomic E-state index is 4.94. The summed E-state index contributed by atoms with van der Waals surface area (Å²) in [6, 6.07) is 0. The lowest BCUT2D eigenvalue weighted by molar-refractivity contribution is 1.53. The summed E-state index contributed by atoms with van der Waals surface area (Å²) < 4.78 is 2.07. The lowest BCUT2D eigenvalue weighted by atomic mass is 11.0. The standard InChI is InChI=1S/C3H6IPS/c1-2-5(6)3-4/h3H,2H2,1H3. The molecule has 0 heterocycles. The molecule has 0 N–H and O–H groups in total. The van der Waals surface area contributed by atoms with Crippen molar-refractivity contribution in [2.75, 3.05) is 6.16 Å². The zero-order chi connectivity index (χ0) is 4.99. The van der Waals surface area contributed by atoms with Crippen LogP contribution in [0.3, 0.4) is 0 Å². The topological polar surface area (TPSA) is 0 Å². The van der Waals surface area contributed by atoms with Crippen molar-refractivity contribution in [2.45, 2.75) is 6.92 Å². The molecule has 0 aromatic heterocycles. The molecule has 0 saturated heterocycles. The quantitative estimate of drug-likeness (QED) is 0.493. The van der Waals surface area contributed by atoms with Crippen molar-refractivity contribution in [3.8, 4) is 0 Å². The van der Waals surface area contributed by atoms with Crippen LogP contribution in [-0.2, 0) is 11.8 Å². The summed E-state index contributed by atoms with van der Waals surface area (Å²) in [5.74, 6) is 0. The molecule has 1 atom stereocenters. The molecule has 6 heavy (non-hydrogen) atoms. The minimum Gasteiger partial charge on any atom is -0.0626 e. The van der Waals surface area contributed by atoms with Gasteiger partial charge in [-0.2, -0.15) is 0 Å². The average molecular weight is 232 g/mol. The third-order valence-corrected chi connectivity index (χ3v) is 5.50. The fourth-order valence-electron chi connectivity index (χ4n) is 0.0690. The van der Waals surface area contributed by atoms with Crippen molar-refractivity contribution in [1.29, 1.82) is 0 Å². The number of hydrogen-bond donors (Lipinski definition) is 0. The van der Waals surface area contributed by atoms with Crippen molar-refractivity contribution in [3.05, 3.63) is 0 Å². The zero-order valence-electron chi connectivity index (χ0n) is 3.52. The molecule has 0 aliphatic heterocycles. The Labute approximate surface area is 57.5 Å². The Morgan fingerprint density at radius 2 is 2.50 bits per heavy atom. The Morgan fingerprint density at radius 1 is 2.00 bits per heavy atom. The fourth-order valence-corrected chi connectivity index (χ4v) is 1.39. The van der Waals surface area contributed by atoms with E-state index in [-0.39, 0.29) is 6.32 Å². The third-order valence-electron chi connectivity index (χ3n) is 0.421. The number of hydrogen-bond acceptors (Lipinski definition) is 1. The van der Waals surface area contributed by atoms with Crippen molar-refractivity contribution < 1.29 is 0 Å². The summed E-state index contributed by atoms with van der Waals surface area (Å²) in [5.41, 5.74) is 0. The predicted octanol–water partition coefficient (Wildman–Crippen LogP) is 2.14. The maximum Gasteiger partial charge on any atom is 0.00641 e. The van der Waals surface area contributed by atoms with E-state index < -0.39 is 0 Å². The molecule has 0 aliphatic rings. The SMILES string of the molecule is CCP(=S)=CI. The van der Waals surface area contributed by atoms with Gasteiger partial charge in [0.1, 0.15) is 0 Å². The minimum absolute atomic E-state index is 0.131. The third kappa shape index (κ3) is 3.32. The van der Waals surface area contributed by atoms with Crippen LogP contribution in [0.25, 0.3) is 0 Å². The van der Waals surface area contributed by atoms with E-state index in [1.165, 1.54) is 0 Å². The van der Waals surface area contributed by atoms with Crippen molar-refractivity contribution in [3.63, 3.8) is 0 Å². The molecule has 0 aromatic rings. The van der Waals surface area contributed by atoms with Gasteiger partial charge in [0.2, 0.25) is 0 Å². The Bertz CT molecular complexity index is 93.0. The Balaban J connectivity index is 3.54. The van der Waals surface area contributed by atoms with Crippen molar-refractivity contribution in [2.24, 2.45) is 0 Å². The second-order valence-electron chi connectivity index (χ2n) is 0.831. The van der Waals surface area contributed by atoms with Gasteiger partial charge in [-0.05, 0) is 28.8 Å². The summed E-state index contributed by atoms with van der Waals surface area (Å²) >= 11 is 7.15. The Morgan fingerprint density at radius 3 is 2.50 bits per heavy atom. The normalized spacial score (nSPS) is 12.0. The predicted molar refractivity (Wildman–Crippen MR) is 44.9 cm³/mol. The van der Waals surface area contributed by atoms with Gasteiger partial charge >= 0.3 is 0 Å². The van der Waals surface area contributed by atoms with E-state index in [9.17, 15) is 0 Å². The van der Waals surface area contributed by atoms with E-state index >= 15 is 0 Å². The monoisotopic (exact) mass is 232 g/mol. The van der Waals surface area contributed by atoms with Crippen LogP contribution >= 0.6 is 28.9 Å². The van der Waals surface area contributed by atoms with E-state index in [2.05, 4.69) is 33.3 Å². The molecular weight excluding hydrogens is 226 g/mol. The van der Waals surface area contributed by atoms with Crippen molar-refractivity contribution in [1.82, 2.24) is 0 Å². The fraction of sp³-hybridized carbons (Fsp3) is 0.667. The molecule has 0 bridgehead atoms. The molecule has 0 rings (SSSR count). The molecule has 0 amide bonds. The first-order chi connectivity index (χ1) is 2.81. The lowest BCUT2D eigenvalue weighted by Crippen LogP contribution is -1.51. The highest BCUT2D eigenvalue weighted by Crippen LogP contribution is 2.04. The molecule has 0 aliphatic carbocycles. The van der Waals surface area contributed by atoms with Crippen LogP contribution in [0.1, 0.15) is 6.92 Å². The minimum atomic E-state index is -0.131. The molecule has 36 valence electrons. The van der Waals surface area contributed by atoms with Gasteiger partial charge in [0.15, 0.2) is 0 Å². The highest BCUT2D eigenvalue weighted by Gasteiger charge is 1.65. The summed E-state index contributed by atoms with van der Waals surface area (Å²) in [6.07, 6.45) is 1.02. The van der Waals surface area contributed by atoms with Gasteiger partial charge in [-0.3, -0.25) is 0 Å². The summed E-state index contributed by atoms with van der Waals surface area (Å²) in [6.45, 7) is 2.12. The molecule has 3 heteroatoms. The molecule has 0 radical (unpaired) electrons. The van der Waals surface area contributed by atoms with Gasteiger partial charge in [-0.25, -0.2) is 0 Å². The van der Waals surface area contributed by atoms with Gasteiger partial charge in [-0.15, -0.1) is 0 Å². The average Bonchev–Trinajstić information content (AvgIpc) is 1.65. The van der Waals surface area contributed by atoms with Crippen LogP contribution in [0, 0.1) is 0 Å². The van der Waals surface area contributed by atoms with E-state index in [0.29, 0.717) is 0 Å². The molecule has 0 saturated carbocycles. The first kappa shape index (κ1) is 7.12. The van der Waals surface area contributed by atoms with Gasteiger partial charge in [-0.1, -0.05) is 25.1 Å². The molecule has 0 nitrogen and oxygen atoms in total. The molecule has 0 aromatic carbocycles. The first-order valence-corrected chi connectivity index (χ1v) is 5.54. The first-order valence-electron chi connectivity index (χ1n) is 1.68. The molecular formula is C3H6IPS. The highest BCUT2D eigenvalue weighted by atomic mass is 127. The van der Waals surface area contributed by atoms with Crippen LogP contribution in [0.2, 0.25) is 0 Å². The van der Waals surface area contributed by atoms with Gasteiger partial charge in [0.25, 0.3) is 0 Å². The van der Waals surface area contributed by atoms with E-state index in [1.54, 1.807) is 0 Å². The van der Waals surface area contributed by atoms with E-state index in [4.69, 9.17) is 11.8 Å². The Kier molecular flexibility index (Phi) is 5.08. The van der Waals surface area contributed by atoms with Crippen LogP contribution in [0.5, 0.6) is 0 Å². The second kappa shape index (κ2) is 4.28. The van der Waals surface area contributed by atoms with Crippen molar-refractivity contribution >= 4 is 44.5 Å². The molecule has 1 unspecified atom stereocenters. The summed E-state index contributed by atoms with van der Waals surface area (Å²) in [4.78, 5) is 0. The second-order valence-corrected chi connectivity index (χ2v) is 5.57. The highest BCUT2D eigenvalue weighted by molar-refractivity contribution is 14.1. The van der Waals surface area contributed by atoms with Gasteiger partial charge < -0.3 is 0 Å². The Hall–Kier alpha value is 1.12. The van der Waals surface area contributed by atoms with Crippen LogP contribution in [0.4, 0.5) is 0 Å². The summed E-state index contributed by atoms with van der Waals surface area (Å²) in [7, 11) is 0. The smallest absolute Gasteiger partial charge is 0.00641 e. The summed E-state index contributed by atoms with van der Waals surface area (Å²) in [5, 5.41) is 0. The van der Waals surface area contributed by atoms with Gasteiger partial charge in [0, 0.05) is 3.80 Å². The number of rotatable bonds is 1.